The van der Waals surface area contributed by atoms with Gasteiger partial charge in [0.05, 0.1) is 0 Å². The molecule has 0 saturated heterocycles. The third-order valence-electron chi connectivity index (χ3n) is 5.92. The van der Waals surface area contributed by atoms with Gasteiger partial charge in [0.1, 0.15) is 0 Å². The zero-order valence-corrected chi connectivity index (χ0v) is 16.3. The van der Waals surface area contributed by atoms with Crippen molar-refractivity contribution in [3.63, 3.8) is 0 Å². The quantitative estimate of drug-likeness (QED) is 0.724. The Morgan fingerprint density at radius 2 is 2.04 bits per heavy atom. The molecule has 1 aliphatic carbocycles. The Morgan fingerprint density at radius 3 is 2.89 bits per heavy atom. The number of rotatable bonds is 7. The molecule has 3 rings (SSSR count). The zero-order chi connectivity index (χ0) is 19.2. The molecule has 2 N–H and O–H groups in total. The molecule has 1 heterocycles. The topological polar surface area (TPSA) is 71.2 Å². The number of hydrogen-bond acceptors (Lipinski definition) is 3. The van der Waals surface area contributed by atoms with E-state index in [0.717, 1.165) is 24.8 Å². The van der Waals surface area contributed by atoms with Crippen molar-refractivity contribution in [1.29, 1.82) is 0 Å². The number of ether oxygens (including phenoxy) is 1. The van der Waals surface area contributed by atoms with Gasteiger partial charge in [-0.3, -0.25) is 9.59 Å². The number of hydrogen-bond donors (Lipinski definition) is 2. The van der Waals surface area contributed by atoms with Crippen LogP contribution in [0.4, 0.5) is 0 Å². The number of H-pyrrole nitrogens is 1. The number of aromatic nitrogens is 1. The molecule has 1 fully saturated rings. The number of nitrogens with one attached hydrogen (secondary N) is 2. The standard InChI is InChI=1S/C22H30N2O3/c1-15-7-5-11-19(16(15)2)24-21(25)14-27-22(26)12-6-8-17-13-23-20-10-4-3-9-18(17)20/h3-4,9-10,13,15-16,19,23H,5-8,11-12,14H2,1-2H3,(H,24,25)/t15-,16+,19+/m0/s1. The van der Waals surface area contributed by atoms with Crippen molar-refractivity contribution in [2.75, 3.05) is 6.61 Å². The zero-order valence-electron chi connectivity index (χ0n) is 16.3. The van der Waals surface area contributed by atoms with Crippen molar-refractivity contribution in [3.8, 4) is 0 Å². The lowest BCUT2D eigenvalue weighted by atomic mass is 9.78. The average Bonchev–Trinajstić information content (AvgIpc) is 3.07. The number of carbonyl (C=O) groups is 2. The summed E-state index contributed by atoms with van der Waals surface area (Å²) >= 11 is 0. The Hall–Kier alpha value is -2.30. The first-order valence-corrected chi connectivity index (χ1v) is 10.0. The molecule has 5 nitrogen and oxygen atoms in total. The molecule has 0 aliphatic heterocycles. The first-order chi connectivity index (χ1) is 13.0. The predicted octanol–water partition coefficient (Wildman–Crippen LogP) is 3.97. The monoisotopic (exact) mass is 370 g/mol. The van der Waals surface area contributed by atoms with Crippen LogP contribution in [0.3, 0.4) is 0 Å². The lowest BCUT2D eigenvalue weighted by Crippen LogP contribution is -2.45. The van der Waals surface area contributed by atoms with Gasteiger partial charge in [0.15, 0.2) is 6.61 Å². The molecule has 146 valence electrons. The van der Waals surface area contributed by atoms with Crippen LogP contribution in [-0.4, -0.2) is 29.5 Å². The highest BCUT2D eigenvalue weighted by atomic mass is 16.5. The maximum atomic E-state index is 12.1. The lowest BCUT2D eigenvalue weighted by Gasteiger charge is -2.34. The van der Waals surface area contributed by atoms with Crippen molar-refractivity contribution >= 4 is 22.8 Å². The average molecular weight is 370 g/mol. The second-order valence-corrected chi connectivity index (χ2v) is 7.82. The van der Waals surface area contributed by atoms with Gasteiger partial charge in [-0.05, 0) is 42.7 Å². The third-order valence-corrected chi connectivity index (χ3v) is 5.92. The summed E-state index contributed by atoms with van der Waals surface area (Å²) in [5.41, 5.74) is 2.31. The minimum absolute atomic E-state index is 0.177. The fourth-order valence-corrected chi connectivity index (χ4v) is 4.01. The van der Waals surface area contributed by atoms with Crippen molar-refractivity contribution in [2.24, 2.45) is 11.8 Å². The molecule has 1 aromatic heterocycles. The second-order valence-electron chi connectivity index (χ2n) is 7.82. The number of benzene rings is 1. The Labute approximate surface area is 160 Å². The molecule has 1 aromatic carbocycles. The number of para-hydroxylation sites is 1. The molecule has 3 atom stereocenters. The summed E-state index contributed by atoms with van der Waals surface area (Å²) in [5, 5.41) is 4.23. The van der Waals surface area contributed by atoms with Crippen LogP contribution in [0.25, 0.3) is 10.9 Å². The molecule has 1 aliphatic rings. The maximum absolute atomic E-state index is 12.1. The van der Waals surface area contributed by atoms with E-state index in [0.29, 0.717) is 24.7 Å². The van der Waals surface area contributed by atoms with E-state index in [1.54, 1.807) is 0 Å². The number of aromatic amines is 1. The molecule has 0 radical (unpaired) electrons. The highest BCUT2D eigenvalue weighted by Crippen LogP contribution is 2.29. The molecule has 1 amide bonds. The molecule has 0 bridgehead atoms. The van der Waals surface area contributed by atoms with Gasteiger partial charge >= 0.3 is 5.97 Å². The van der Waals surface area contributed by atoms with E-state index in [1.807, 2.05) is 24.4 Å². The second kappa shape index (κ2) is 9.07. The molecule has 27 heavy (non-hydrogen) atoms. The third kappa shape index (κ3) is 5.12. The predicted molar refractivity (Wildman–Crippen MR) is 106 cm³/mol. The van der Waals surface area contributed by atoms with Gasteiger partial charge in [0, 0.05) is 29.6 Å². The fourth-order valence-electron chi connectivity index (χ4n) is 4.01. The number of fused-ring (bicyclic) bond motifs is 1. The highest BCUT2D eigenvalue weighted by Gasteiger charge is 2.28. The Bertz CT molecular complexity index is 783. The summed E-state index contributed by atoms with van der Waals surface area (Å²) in [4.78, 5) is 27.3. The first kappa shape index (κ1) is 19.5. The van der Waals surface area contributed by atoms with Crippen LogP contribution < -0.4 is 5.32 Å². The van der Waals surface area contributed by atoms with Gasteiger partial charge < -0.3 is 15.0 Å². The van der Waals surface area contributed by atoms with Crippen molar-refractivity contribution < 1.29 is 14.3 Å². The van der Waals surface area contributed by atoms with E-state index < -0.39 is 0 Å². The molecule has 1 saturated carbocycles. The molecular weight excluding hydrogens is 340 g/mol. The fraction of sp³-hybridized carbons (Fsp3) is 0.545. The van der Waals surface area contributed by atoms with Crippen LogP contribution in [0.1, 0.15) is 51.5 Å². The van der Waals surface area contributed by atoms with Gasteiger partial charge in [0.25, 0.3) is 5.91 Å². The molecule has 5 heteroatoms. The van der Waals surface area contributed by atoms with Gasteiger partial charge in [-0.2, -0.15) is 0 Å². The Kier molecular flexibility index (Phi) is 6.54. The summed E-state index contributed by atoms with van der Waals surface area (Å²) in [6, 6.07) is 8.33. The minimum Gasteiger partial charge on any atom is -0.456 e. The molecular formula is C22H30N2O3. The number of amides is 1. The number of aryl methyl sites for hydroxylation is 1. The van der Waals surface area contributed by atoms with E-state index in [1.165, 1.54) is 17.4 Å². The van der Waals surface area contributed by atoms with E-state index in [-0.39, 0.29) is 24.5 Å². The van der Waals surface area contributed by atoms with Crippen molar-refractivity contribution in [3.05, 3.63) is 36.0 Å². The normalized spacial score (nSPS) is 22.5. The van der Waals surface area contributed by atoms with Crippen LogP contribution in [0, 0.1) is 11.8 Å². The molecule has 2 aromatic rings. The van der Waals surface area contributed by atoms with Crippen LogP contribution in [0.5, 0.6) is 0 Å². The SMILES string of the molecule is C[C@@H]1[C@@H](C)CCC[C@H]1NC(=O)COC(=O)CCCc1c[nH]c2ccccc12. The summed E-state index contributed by atoms with van der Waals surface area (Å²) in [6.45, 7) is 4.24. The number of esters is 1. The van der Waals surface area contributed by atoms with Gasteiger partial charge in [-0.1, -0.05) is 44.9 Å². The van der Waals surface area contributed by atoms with Crippen molar-refractivity contribution in [1.82, 2.24) is 10.3 Å². The molecule has 0 unspecified atom stereocenters. The van der Waals surface area contributed by atoms with E-state index in [4.69, 9.17) is 4.74 Å². The highest BCUT2D eigenvalue weighted by molar-refractivity contribution is 5.83. The smallest absolute Gasteiger partial charge is 0.306 e. The van der Waals surface area contributed by atoms with Gasteiger partial charge in [-0.15, -0.1) is 0 Å². The van der Waals surface area contributed by atoms with Crippen LogP contribution in [-0.2, 0) is 20.7 Å². The van der Waals surface area contributed by atoms with Crippen molar-refractivity contribution in [2.45, 2.75) is 58.4 Å². The van der Waals surface area contributed by atoms with Gasteiger partial charge in [0.2, 0.25) is 0 Å². The summed E-state index contributed by atoms with van der Waals surface area (Å²) < 4.78 is 5.16. The summed E-state index contributed by atoms with van der Waals surface area (Å²) in [6.07, 6.45) is 7.21. The molecule has 0 spiro atoms. The van der Waals surface area contributed by atoms with E-state index in [9.17, 15) is 9.59 Å². The van der Waals surface area contributed by atoms with Crippen LogP contribution in [0.15, 0.2) is 30.5 Å². The Morgan fingerprint density at radius 1 is 1.22 bits per heavy atom. The summed E-state index contributed by atoms with van der Waals surface area (Å²) in [5.74, 6) is 0.590. The van der Waals surface area contributed by atoms with Gasteiger partial charge in [-0.25, -0.2) is 0 Å². The Balaban J connectivity index is 1.36. The first-order valence-electron chi connectivity index (χ1n) is 10.0. The lowest BCUT2D eigenvalue weighted by molar-refractivity contribution is -0.149. The minimum atomic E-state index is -0.310. The van der Waals surface area contributed by atoms with Crippen LogP contribution in [0.2, 0.25) is 0 Å². The van der Waals surface area contributed by atoms with E-state index in [2.05, 4.69) is 30.2 Å². The number of carbonyl (C=O) groups excluding carboxylic acids is 2. The summed E-state index contributed by atoms with van der Waals surface area (Å²) in [7, 11) is 0. The maximum Gasteiger partial charge on any atom is 0.306 e. The largest absolute Gasteiger partial charge is 0.456 e. The van der Waals surface area contributed by atoms with Crippen LogP contribution >= 0.6 is 0 Å². The van der Waals surface area contributed by atoms with E-state index >= 15 is 0 Å².